The summed E-state index contributed by atoms with van der Waals surface area (Å²) in [5, 5.41) is 3.69. The van der Waals surface area contributed by atoms with E-state index in [0.717, 1.165) is 36.4 Å². The Balaban J connectivity index is 1.62. The molecular formula is C26H36N2O2. The van der Waals surface area contributed by atoms with Gasteiger partial charge in [-0.15, -0.1) is 0 Å². The lowest BCUT2D eigenvalue weighted by atomic mass is 9.74. The first-order chi connectivity index (χ1) is 14.0. The maximum atomic E-state index is 12.9. The molecule has 1 aliphatic heterocycles. The van der Waals surface area contributed by atoms with Crippen molar-refractivity contribution in [1.82, 2.24) is 10.2 Å². The highest BCUT2D eigenvalue weighted by Crippen LogP contribution is 2.35. The minimum Gasteiger partial charge on any atom is -0.457 e. The van der Waals surface area contributed by atoms with Crippen molar-refractivity contribution in [2.24, 2.45) is 5.92 Å². The van der Waals surface area contributed by atoms with Crippen molar-refractivity contribution in [2.45, 2.75) is 64.6 Å². The number of Topliss-reactive ketones (excluding diaryl/α,β-unsaturated/α-hetero) is 1. The lowest BCUT2D eigenvalue weighted by Gasteiger charge is -2.46. The zero-order valence-corrected chi connectivity index (χ0v) is 19.3. The third-order valence-corrected chi connectivity index (χ3v) is 5.56. The first-order valence-electron chi connectivity index (χ1n) is 10.9. The molecule has 3 rings (SSSR count). The number of ether oxygens (including phenoxy) is 1. The average Bonchev–Trinajstić information content (AvgIpc) is 2.59. The van der Waals surface area contributed by atoms with Gasteiger partial charge in [-0.1, -0.05) is 12.1 Å². The van der Waals surface area contributed by atoms with E-state index in [0.29, 0.717) is 12.3 Å². The van der Waals surface area contributed by atoms with E-state index in [1.807, 2.05) is 36.4 Å². The zero-order valence-electron chi connectivity index (χ0n) is 19.3. The number of rotatable bonds is 7. The van der Waals surface area contributed by atoms with Gasteiger partial charge in [0.1, 0.15) is 11.5 Å². The Morgan fingerprint density at radius 1 is 1.00 bits per heavy atom. The number of hydrogen-bond acceptors (Lipinski definition) is 4. The molecule has 30 heavy (non-hydrogen) atoms. The van der Waals surface area contributed by atoms with Gasteiger partial charge < -0.3 is 15.0 Å². The van der Waals surface area contributed by atoms with Crippen molar-refractivity contribution in [1.29, 1.82) is 0 Å². The van der Waals surface area contributed by atoms with E-state index in [2.05, 4.69) is 64.1 Å². The van der Waals surface area contributed by atoms with Crippen LogP contribution in [0, 0.1) is 5.92 Å². The minimum atomic E-state index is 0.0610. The Morgan fingerprint density at radius 2 is 1.63 bits per heavy atom. The number of nitrogens with zero attached hydrogens (tertiary/aromatic N) is 1. The first-order valence-corrected chi connectivity index (χ1v) is 10.9. The van der Waals surface area contributed by atoms with Gasteiger partial charge in [0.05, 0.1) is 0 Å². The van der Waals surface area contributed by atoms with Crippen LogP contribution in [0.4, 0.5) is 0 Å². The molecule has 4 heteroatoms. The molecule has 0 aliphatic carbocycles. The largest absolute Gasteiger partial charge is 0.457 e. The second kappa shape index (κ2) is 8.91. The number of hydrogen-bond donors (Lipinski definition) is 1. The molecule has 1 aliphatic rings. The second-order valence-corrected chi connectivity index (χ2v) is 10.3. The molecule has 0 bridgehead atoms. The Morgan fingerprint density at radius 3 is 2.23 bits per heavy atom. The SMILES string of the molecule is CN(C)Cc1cccc(Oc2ccc(C(=O)CC3CC(C)(C)NC(C)(C)C3)cc2)c1. The molecule has 1 heterocycles. The van der Waals surface area contributed by atoms with E-state index >= 15 is 0 Å². The third-order valence-electron chi connectivity index (χ3n) is 5.56. The second-order valence-electron chi connectivity index (χ2n) is 10.3. The summed E-state index contributed by atoms with van der Waals surface area (Å²) in [6, 6.07) is 15.7. The Hall–Kier alpha value is -2.17. The van der Waals surface area contributed by atoms with Gasteiger partial charge in [-0.3, -0.25) is 4.79 Å². The van der Waals surface area contributed by atoms with Crippen LogP contribution in [0.3, 0.4) is 0 Å². The van der Waals surface area contributed by atoms with Gasteiger partial charge in [0, 0.05) is 29.6 Å². The number of piperidine rings is 1. The highest BCUT2D eigenvalue weighted by molar-refractivity contribution is 5.96. The molecule has 0 atom stereocenters. The van der Waals surface area contributed by atoms with E-state index < -0.39 is 0 Å². The highest BCUT2D eigenvalue weighted by atomic mass is 16.5. The van der Waals surface area contributed by atoms with Crippen LogP contribution >= 0.6 is 0 Å². The number of nitrogens with one attached hydrogen (secondary N) is 1. The molecule has 0 amide bonds. The van der Waals surface area contributed by atoms with E-state index in [9.17, 15) is 4.79 Å². The number of carbonyl (C=O) groups is 1. The minimum absolute atomic E-state index is 0.0610. The van der Waals surface area contributed by atoms with Crippen molar-refractivity contribution >= 4 is 5.78 Å². The highest BCUT2D eigenvalue weighted by Gasteiger charge is 2.38. The van der Waals surface area contributed by atoms with E-state index in [4.69, 9.17) is 4.74 Å². The fourth-order valence-electron chi connectivity index (χ4n) is 4.98. The van der Waals surface area contributed by atoms with Crippen molar-refractivity contribution in [3.05, 3.63) is 59.7 Å². The fourth-order valence-corrected chi connectivity index (χ4v) is 4.98. The van der Waals surface area contributed by atoms with Crippen LogP contribution in [0.2, 0.25) is 0 Å². The van der Waals surface area contributed by atoms with Crippen LogP contribution in [0.5, 0.6) is 11.5 Å². The molecule has 0 spiro atoms. The Labute approximate surface area is 181 Å². The molecule has 0 saturated carbocycles. The summed E-state index contributed by atoms with van der Waals surface area (Å²) in [6.07, 6.45) is 2.64. The van der Waals surface area contributed by atoms with Crippen molar-refractivity contribution in [3.63, 3.8) is 0 Å². The van der Waals surface area contributed by atoms with Crippen LogP contribution in [0.15, 0.2) is 48.5 Å². The number of carbonyl (C=O) groups excluding carboxylic acids is 1. The summed E-state index contributed by atoms with van der Waals surface area (Å²) >= 11 is 0. The maximum absolute atomic E-state index is 12.9. The molecule has 0 radical (unpaired) electrons. The molecule has 1 saturated heterocycles. The summed E-state index contributed by atoms with van der Waals surface area (Å²) < 4.78 is 6.00. The lowest BCUT2D eigenvalue weighted by Crippen LogP contribution is -2.57. The van der Waals surface area contributed by atoms with Crippen LogP contribution in [0.1, 0.15) is 62.9 Å². The van der Waals surface area contributed by atoms with Gasteiger partial charge in [0.2, 0.25) is 0 Å². The predicted molar refractivity (Wildman–Crippen MR) is 123 cm³/mol. The Bertz CT molecular complexity index is 853. The molecule has 1 N–H and O–H groups in total. The maximum Gasteiger partial charge on any atom is 0.163 e. The third kappa shape index (κ3) is 6.41. The molecule has 2 aromatic carbocycles. The molecule has 1 fully saturated rings. The smallest absolute Gasteiger partial charge is 0.163 e. The fraction of sp³-hybridized carbons (Fsp3) is 0.500. The summed E-state index contributed by atoms with van der Waals surface area (Å²) in [5.41, 5.74) is 2.09. The van der Waals surface area contributed by atoms with Gasteiger partial charge in [0.25, 0.3) is 0 Å². The van der Waals surface area contributed by atoms with Gasteiger partial charge in [-0.25, -0.2) is 0 Å². The first kappa shape index (κ1) is 22.5. The molecule has 0 aromatic heterocycles. The number of benzene rings is 2. The van der Waals surface area contributed by atoms with Crippen LogP contribution < -0.4 is 10.1 Å². The monoisotopic (exact) mass is 408 g/mol. The molecule has 2 aromatic rings. The van der Waals surface area contributed by atoms with Gasteiger partial charge in [-0.2, -0.15) is 0 Å². The molecular weight excluding hydrogens is 372 g/mol. The quantitative estimate of drug-likeness (QED) is 0.599. The van der Waals surface area contributed by atoms with Gasteiger partial charge >= 0.3 is 0 Å². The van der Waals surface area contributed by atoms with Gasteiger partial charge in [0.15, 0.2) is 5.78 Å². The normalized spacial score (nSPS) is 18.4. The summed E-state index contributed by atoms with van der Waals surface area (Å²) in [4.78, 5) is 15.0. The van der Waals surface area contributed by atoms with Crippen LogP contribution in [0.25, 0.3) is 0 Å². The van der Waals surface area contributed by atoms with Crippen molar-refractivity contribution in [2.75, 3.05) is 14.1 Å². The van der Waals surface area contributed by atoms with Crippen LogP contribution in [-0.4, -0.2) is 35.9 Å². The van der Waals surface area contributed by atoms with E-state index in [1.165, 1.54) is 5.56 Å². The summed E-state index contributed by atoms with van der Waals surface area (Å²) in [7, 11) is 4.10. The van der Waals surface area contributed by atoms with Gasteiger partial charge in [-0.05, 0) is 103 Å². The lowest BCUT2D eigenvalue weighted by molar-refractivity contribution is 0.0864. The Kier molecular flexibility index (Phi) is 6.68. The van der Waals surface area contributed by atoms with Crippen molar-refractivity contribution in [3.8, 4) is 11.5 Å². The standard InChI is InChI=1S/C26H36N2O2/c1-25(2)16-20(17-26(3,4)27-25)15-24(29)21-10-12-22(13-11-21)30-23-9-7-8-19(14-23)18-28(5)6/h7-14,20,27H,15-18H2,1-6H3. The average molecular weight is 409 g/mol. The van der Waals surface area contributed by atoms with Crippen LogP contribution in [-0.2, 0) is 6.54 Å². The number of ketones is 1. The zero-order chi connectivity index (χ0) is 21.9. The predicted octanol–water partition coefficient (Wildman–Crippen LogP) is 5.67. The van der Waals surface area contributed by atoms with Crippen molar-refractivity contribution < 1.29 is 9.53 Å². The van der Waals surface area contributed by atoms with E-state index in [1.54, 1.807) is 0 Å². The topological polar surface area (TPSA) is 41.6 Å². The van der Waals surface area contributed by atoms with E-state index in [-0.39, 0.29) is 16.9 Å². The molecule has 4 nitrogen and oxygen atoms in total. The summed E-state index contributed by atoms with van der Waals surface area (Å²) in [5.74, 6) is 2.18. The summed E-state index contributed by atoms with van der Waals surface area (Å²) in [6.45, 7) is 9.78. The molecule has 0 unspecified atom stereocenters. The molecule has 162 valence electrons.